The van der Waals surface area contributed by atoms with Gasteiger partial charge in [0.25, 0.3) is 5.91 Å². The van der Waals surface area contributed by atoms with Gasteiger partial charge in [-0.25, -0.2) is 0 Å². The predicted molar refractivity (Wildman–Crippen MR) is 115 cm³/mol. The van der Waals surface area contributed by atoms with Gasteiger partial charge in [0, 0.05) is 30.9 Å². The Morgan fingerprint density at radius 1 is 1.00 bits per heavy atom. The van der Waals surface area contributed by atoms with Crippen molar-refractivity contribution in [3.8, 4) is 17.2 Å². The second kappa shape index (κ2) is 10.0. The number of ether oxygens (including phenoxy) is 3. The minimum absolute atomic E-state index is 0.151. The zero-order chi connectivity index (χ0) is 20.6. The van der Waals surface area contributed by atoms with Gasteiger partial charge in [-0.05, 0) is 51.0 Å². The third-order valence-corrected chi connectivity index (χ3v) is 4.82. The van der Waals surface area contributed by atoms with Gasteiger partial charge in [0.2, 0.25) is 5.75 Å². The second-order valence-corrected chi connectivity index (χ2v) is 6.72. The monoisotopic (exact) mass is 398 g/mol. The highest BCUT2D eigenvalue weighted by molar-refractivity contribution is 5.95. The first-order valence-corrected chi connectivity index (χ1v) is 10.3. The fourth-order valence-electron chi connectivity index (χ4n) is 3.57. The topological polar surface area (TPSA) is 60.0 Å². The van der Waals surface area contributed by atoms with Crippen LogP contribution in [0.15, 0.2) is 36.4 Å². The van der Waals surface area contributed by atoms with Gasteiger partial charge in [-0.15, -0.1) is 0 Å². The molecule has 6 nitrogen and oxygen atoms in total. The Morgan fingerprint density at radius 3 is 2.31 bits per heavy atom. The number of carbonyl (C=O) groups is 1. The zero-order valence-corrected chi connectivity index (χ0v) is 17.5. The number of rotatable bonds is 10. The number of carbonyl (C=O) groups excluding carboxylic acids is 1. The summed E-state index contributed by atoms with van der Waals surface area (Å²) in [5, 5.41) is 3.01. The number of anilines is 1. The van der Waals surface area contributed by atoms with E-state index >= 15 is 0 Å². The summed E-state index contributed by atoms with van der Waals surface area (Å²) >= 11 is 0. The summed E-state index contributed by atoms with van der Waals surface area (Å²) in [5.74, 6) is 1.45. The van der Waals surface area contributed by atoms with E-state index < -0.39 is 0 Å². The standard InChI is InChI=1S/C23H30N2O4/c1-4-27-20-15-18(16-21(28-5-2)22(20)29-6-3)23(26)24-12-14-25-13-11-17-9-7-8-10-19(17)25/h7-10,15-16H,4-6,11-14H2,1-3H3,(H,24,26). The van der Waals surface area contributed by atoms with Crippen molar-refractivity contribution in [1.82, 2.24) is 5.32 Å². The Hall–Kier alpha value is -2.89. The lowest BCUT2D eigenvalue weighted by Gasteiger charge is -2.20. The van der Waals surface area contributed by atoms with Gasteiger partial charge in [0.05, 0.1) is 19.8 Å². The second-order valence-electron chi connectivity index (χ2n) is 6.72. The molecule has 29 heavy (non-hydrogen) atoms. The Kier molecular flexibility index (Phi) is 7.22. The summed E-state index contributed by atoms with van der Waals surface area (Å²) in [4.78, 5) is 15.1. The molecule has 6 heteroatoms. The van der Waals surface area contributed by atoms with Gasteiger partial charge in [-0.3, -0.25) is 4.79 Å². The average Bonchev–Trinajstić information content (AvgIpc) is 3.13. The number of fused-ring (bicyclic) bond motifs is 1. The van der Waals surface area contributed by atoms with Crippen LogP contribution in [0.5, 0.6) is 17.2 Å². The number of amides is 1. The summed E-state index contributed by atoms with van der Waals surface area (Å²) in [5.41, 5.74) is 3.13. The van der Waals surface area contributed by atoms with E-state index in [1.165, 1.54) is 11.3 Å². The summed E-state index contributed by atoms with van der Waals surface area (Å²) < 4.78 is 17.1. The van der Waals surface area contributed by atoms with E-state index in [9.17, 15) is 4.79 Å². The lowest BCUT2D eigenvalue weighted by atomic mass is 10.1. The van der Waals surface area contributed by atoms with Crippen molar-refractivity contribution < 1.29 is 19.0 Å². The van der Waals surface area contributed by atoms with E-state index in [0.29, 0.717) is 49.2 Å². The number of para-hydroxylation sites is 1. The summed E-state index contributed by atoms with van der Waals surface area (Å²) in [6.45, 7) is 9.47. The van der Waals surface area contributed by atoms with Gasteiger partial charge < -0.3 is 24.4 Å². The van der Waals surface area contributed by atoms with Crippen LogP contribution in [0.1, 0.15) is 36.7 Å². The van der Waals surface area contributed by atoms with Crippen LogP contribution in [0.4, 0.5) is 5.69 Å². The molecule has 2 aromatic carbocycles. The van der Waals surface area contributed by atoms with Crippen molar-refractivity contribution in [2.24, 2.45) is 0 Å². The Morgan fingerprint density at radius 2 is 1.66 bits per heavy atom. The molecule has 1 amide bonds. The maximum absolute atomic E-state index is 12.8. The molecule has 0 fully saturated rings. The van der Waals surface area contributed by atoms with Crippen LogP contribution in [-0.2, 0) is 6.42 Å². The van der Waals surface area contributed by atoms with Crippen LogP contribution in [0.3, 0.4) is 0 Å². The molecule has 1 aliphatic heterocycles. The Bertz CT molecular complexity index is 810. The van der Waals surface area contributed by atoms with Gasteiger partial charge in [0.1, 0.15) is 0 Å². The first-order valence-electron chi connectivity index (χ1n) is 10.3. The molecule has 0 aliphatic carbocycles. The molecule has 2 aromatic rings. The van der Waals surface area contributed by atoms with E-state index in [2.05, 4.69) is 34.5 Å². The maximum atomic E-state index is 12.8. The first-order chi connectivity index (χ1) is 14.2. The molecule has 0 unspecified atom stereocenters. The molecule has 0 saturated carbocycles. The molecule has 0 atom stereocenters. The van der Waals surface area contributed by atoms with Crippen molar-refractivity contribution in [2.45, 2.75) is 27.2 Å². The molecule has 0 radical (unpaired) electrons. The maximum Gasteiger partial charge on any atom is 0.251 e. The fraction of sp³-hybridized carbons (Fsp3) is 0.435. The number of hydrogen-bond donors (Lipinski definition) is 1. The number of hydrogen-bond acceptors (Lipinski definition) is 5. The summed E-state index contributed by atoms with van der Waals surface area (Å²) in [7, 11) is 0. The van der Waals surface area contributed by atoms with Crippen LogP contribution in [0.25, 0.3) is 0 Å². The minimum atomic E-state index is -0.151. The van der Waals surface area contributed by atoms with Crippen LogP contribution in [0.2, 0.25) is 0 Å². The van der Waals surface area contributed by atoms with E-state index in [4.69, 9.17) is 14.2 Å². The molecule has 0 spiro atoms. The number of benzene rings is 2. The van der Waals surface area contributed by atoms with Gasteiger partial charge in [0.15, 0.2) is 11.5 Å². The molecule has 0 bridgehead atoms. The van der Waals surface area contributed by atoms with Crippen LogP contribution in [0, 0.1) is 0 Å². The third-order valence-electron chi connectivity index (χ3n) is 4.82. The highest BCUT2D eigenvalue weighted by atomic mass is 16.5. The van der Waals surface area contributed by atoms with E-state index in [0.717, 1.165) is 19.5 Å². The minimum Gasteiger partial charge on any atom is -0.490 e. The molecule has 1 N–H and O–H groups in total. The van der Waals surface area contributed by atoms with Gasteiger partial charge in [-0.2, -0.15) is 0 Å². The number of nitrogens with zero attached hydrogens (tertiary/aromatic N) is 1. The Labute approximate surface area is 172 Å². The third kappa shape index (κ3) is 4.94. The molecule has 3 rings (SSSR count). The van der Waals surface area contributed by atoms with Crippen LogP contribution in [-0.4, -0.2) is 45.4 Å². The molecule has 1 aliphatic rings. The first kappa shape index (κ1) is 20.8. The molecule has 156 valence electrons. The molecule has 0 aromatic heterocycles. The number of nitrogens with one attached hydrogen (secondary N) is 1. The Balaban J connectivity index is 1.68. The smallest absolute Gasteiger partial charge is 0.251 e. The lowest BCUT2D eigenvalue weighted by molar-refractivity contribution is 0.0953. The average molecular weight is 399 g/mol. The van der Waals surface area contributed by atoms with Gasteiger partial charge in [-0.1, -0.05) is 18.2 Å². The summed E-state index contributed by atoms with van der Waals surface area (Å²) in [6, 6.07) is 11.9. The zero-order valence-electron chi connectivity index (χ0n) is 17.5. The normalized spacial score (nSPS) is 12.4. The molecular weight excluding hydrogens is 368 g/mol. The van der Waals surface area contributed by atoms with Crippen molar-refractivity contribution in [2.75, 3.05) is 44.4 Å². The van der Waals surface area contributed by atoms with E-state index in [1.54, 1.807) is 12.1 Å². The van der Waals surface area contributed by atoms with Crippen molar-refractivity contribution >= 4 is 11.6 Å². The van der Waals surface area contributed by atoms with Crippen molar-refractivity contribution in [1.29, 1.82) is 0 Å². The molecular formula is C23H30N2O4. The van der Waals surface area contributed by atoms with Crippen molar-refractivity contribution in [3.05, 3.63) is 47.5 Å². The van der Waals surface area contributed by atoms with Crippen LogP contribution >= 0.6 is 0 Å². The fourth-order valence-corrected chi connectivity index (χ4v) is 3.57. The van der Waals surface area contributed by atoms with E-state index in [-0.39, 0.29) is 5.91 Å². The predicted octanol–water partition coefficient (Wildman–Crippen LogP) is 3.68. The lowest BCUT2D eigenvalue weighted by Crippen LogP contribution is -2.34. The SMILES string of the molecule is CCOc1cc(C(=O)NCCN2CCc3ccccc32)cc(OCC)c1OCC. The van der Waals surface area contributed by atoms with Crippen molar-refractivity contribution in [3.63, 3.8) is 0 Å². The summed E-state index contributed by atoms with van der Waals surface area (Å²) in [6.07, 6.45) is 1.05. The molecule has 1 heterocycles. The van der Waals surface area contributed by atoms with Crippen LogP contribution < -0.4 is 24.4 Å². The van der Waals surface area contributed by atoms with Gasteiger partial charge >= 0.3 is 0 Å². The largest absolute Gasteiger partial charge is 0.490 e. The highest BCUT2D eigenvalue weighted by Gasteiger charge is 2.20. The quantitative estimate of drug-likeness (QED) is 0.662. The molecule has 0 saturated heterocycles. The highest BCUT2D eigenvalue weighted by Crippen LogP contribution is 2.39. The van der Waals surface area contributed by atoms with E-state index in [1.807, 2.05) is 20.8 Å².